The van der Waals surface area contributed by atoms with Gasteiger partial charge in [0.2, 0.25) is 0 Å². The molecular weight excluding hydrogens is 349 g/mol. The molecule has 0 amide bonds. The van der Waals surface area contributed by atoms with E-state index in [0.29, 0.717) is 0 Å². The minimum atomic E-state index is -0.964. The molecule has 1 rings (SSSR count). The van der Waals surface area contributed by atoms with Crippen molar-refractivity contribution in [3.8, 4) is 0 Å². The maximum Gasteiger partial charge on any atom is 0.326 e. The maximum absolute atomic E-state index is 10.2. The monoisotopic (exact) mass is 386 g/mol. The topological polar surface area (TPSA) is 51.0 Å². The van der Waals surface area contributed by atoms with Crippen LogP contribution < -0.4 is 0 Å². The minimum absolute atomic E-state index is 0.0511. The molecule has 4 nitrogen and oxygen atoms in total. The molecule has 0 saturated carbocycles. The third-order valence-corrected chi connectivity index (χ3v) is 5.52. The Bertz CT molecular complexity index is 688. The SMILES string of the molecule is C=NC1=CC=C(C(=C)/C=C(\C)[B]OC(C)(C)C(C)(C)O)C(C(C)(C)C)[C@@H]1OC. The number of methoxy groups -OCH3 is 1. The quantitative estimate of drug-likeness (QED) is 0.369. The lowest BCUT2D eigenvalue weighted by Crippen LogP contribution is -2.48. The number of nitrogens with zero attached hydrogens (tertiary/aromatic N) is 1. The van der Waals surface area contributed by atoms with Gasteiger partial charge in [-0.2, -0.15) is 0 Å². The zero-order chi connectivity index (χ0) is 21.9. The van der Waals surface area contributed by atoms with E-state index in [2.05, 4.69) is 45.1 Å². The van der Waals surface area contributed by atoms with Crippen LogP contribution in [-0.2, 0) is 9.39 Å². The molecule has 0 aromatic carbocycles. The van der Waals surface area contributed by atoms with Crippen LogP contribution >= 0.6 is 0 Å². The highest BCUT2D eigenvalue weighted by Crippen LogP contribution is 2.43. The number of hydrogen-bond donors (Lipinski definition) is 1. The average molecular weight is 386 g/mol. The molecular formula is C23H37BNO3. The van der Waals surface area contributed by atoms with Crippen molar-refractivity contribution in [2.45, 2.75) is 72.7 Å². The first-order chi connectivity index (χ1) is 12.7. The number of aliphatic hydroxyl groups is 1. The maximum atomic E-state index is 10.2. The van der Waals surface area contributed by atoms with Crippen LogP contribution in [0.4, 0.5) is 0 Å². The molecule has 1 unspecified atom stereocenters. The van der Waals surface area contributed by atoms with Crippen molar-refractivity contribution in [2.24, 2.45) is 16.3 Å². The van der Waals surface area contributed by atoms with Gasteiger partial charge in [-0.15, -0.1) is 0 Å². The highest BCUT2D eigenvalue weighted by atomic mass is 16.5. The van der Waals surface area contributed by atoms with Crippen molar-refractivity contribution in [1.29, 1.82) is 0 Å². The lowest BCUT2D eigenvalue weighted by molar-refractivity contribution is -0.0896. The van der Waals surface area contributed by atoms with Gasteiger partial charge in [0, 0.05) is 13.0 Å². The summed E-state index contributed by atoms with van der Waals surface area (Å²) in [4.78, 5) is 4.14. The highest BCUT2D eigenvalue weighted by Gasteiger charge is 2.39. The van der Waals surface area contributed by atoms with Crippen molar-refractivity contribution >= 4 is 14.2 Å². The molecule has 5 heteroatoms. The van der Waals surface area contributed by atoms with Gasteiger partial charge in [0.15, 0.2) is 0 Å². The lowest BCUT2D eigenvalue weighted by atomic mass is 9.68. The number of allylic oxidation sites excluding steroid dienone is 5. The Kier molecular flexibility index (Phi) is 7.85. The molecule has 1 aliphatic rings. The summed E-state index contributed by atoms with van der Waals surface area (Å²) >= 11 is 0. The Hall–Kier alpha value is -1.43. The summed E-state index contributed by atoms with van der Waals surface area (Å²) in [5, 5.41) is 10.2. The number of hydrogen-bond acceptors (Lipinski definition) is 4. The molecule has 1 radical (unpaired) electrons. The van der Waals surface area contributed by atoms with Crippen LogP contribution in [0.15, 0.2) is 52.1 Å². The number of aliphatic imine (C=N–C) groups is 1. The van der Waals surface area contributed by atoms with Crippen LogP contribution in [0, 0.1) is 11.3 Å². The van der Waals surface area contributed by atoms with Crippen LogP contribution in [0.1, 0.15) is 55.4 Å². The number of rotatable bonds is 8. The summed E-state index contributed by atoms with van der Waals surface area (Å²) in [7, 11) is 3.38. The number of ether oxygens (including phenoxy) is 1. The Morgan fingerprint density at radius 1 is 1.18 bits per heavy atom. The summed E-state index contributed by atoms with van der Waals surface area (Å²) in [5.41, 5.74) is 2.04. The first-order valence-corrected chi connectivity index (χ1v) is 9.68. The van der Waals surface area contributed by atoms with Crippen molar-refractivity contribution in [2.75, 3.05) is 7.11 Å². The molecule has 28 heavy (non-hydrogen) atoms. The van der Waals surface area contributed by atoms with Crippen LogP contribution in [0.25, 0.3) is 0 Å². The molecule has 0 fully saturated rings. The van der Waals surface area contributed by atoms with Gasteiger partial charge >= 0.3 is 7.48 Å². The van der Waals surface area contributed by atoms with E-state index in [1.54, 1.807) is 28.4 Å². The molecule has 0 bridgehead atoms. The molecule has 0 spiro atoms. The van der Waals surface area contributed by atoms with Crippen molar-refractivity contribution in [3.05, 3.63) is 47.1 Å². The molecule has 0 saturated heterocycles. The smallest absolute Gasteiger partial charge is 0.326 e. The van der Waals surface area contributed by atoms with E-state index in [4.69, 9.17) is 9.39 Å². The third kappa shape index (κ3) is 5.79. The van der Waals surface area contributed by atoms with E-state index in [-0.39, 0.29) is 17.4 Å². The lowest BCUT2D eigenvalue weighted by Gasteiger charge is -2.40. The van der Waals surface area contributed by atoms with Crippen molar-refractivity contribution in [1.82, 2.24) is 0 Å². The van der Waals surface area contributed by atoms with Crippen molar-refractivity contribution < 1.29 is 14.5 Å². The Morgan fingerprint density at radius 2 is 1.75 bits per heavy atom. The summed E-state index contributed by atoms with van der Waals surface area (Å²) in [5.74, 6) is 0.0910. The van der Waals surface area contributed by atoms with Gasteiger partial charge in [-0.3, -0.25) is 4.99 Å². The van der Waals surface area contributed by atoms with Crippen LogP contribution in [0.5, 0.6) is 0 Å². The van der Waals surface area contributed by atoms with Gasteiger partial charge in [-0.05, 0) is 64.0 Å². The molecule has 0 aliphatic heterocycles. The van der Waals surface area contributed by atoms with E-state index in [9.17, 15) is 5.11 Å². The summed E-state index contributed by atoms with van der Waals surface area (Å²) in [6.45, 7) is 23.7. The van der Waals surface area contributed by atoms with Crippen LogP contribution in [0.3, 0.4) is 0 Å². The molecule has 155 valence electrons. The zero-order valence-corrected chi connectivity index (χ0v) is 19.1. The molecule has 0 aromatic heterocycles. The third-order valence-electron chi connectivity index (χ3n) is 5.52. The molecule has 2 atom stereocenters. The first kappa shape index (κ1) is 24.6. The van der Waals surface area contributed by atoms with E-state index in [1.807, 2.05) is 32.9 Å². The van der Waals surface area contributed by atoms with Gasteiger partial charge < -0.3 is 14.5 Å². The van der Waals surface area contributed by atoms with Gasteiger partial charge in [0.1, 0.15) is 6.10 Å². The zero-order valence-electron chi connectivity index (χ0n) is 19.1. The molecule has 0 aromatic rings. The highest BCUT2D eigenvalue weighted by molar-refractivity contribution is 6.38. The van der Waals surface area contributed by atoms with Gasteiger partial charge in [0.05, 0.1) is 16.9 Å². The fourth-order valence-corrected chi connectivity index (χ4v) is 3.11. The van der Waals surface area contributed by atoms with E-state index in [0.717, 1.165) is 22.3 Å². The minimum Gasteiger partial charge on any atom is -0.427 e. The average Bonchev–Trinajstić information content (AvgIpc) is 2.56. The standard InChI is InChI=1S/C23H37BNO3/c1-15(14-16(2)24-28-23(8,9)22(6,7)26)17-12-13-18(25-10)20(27-11)19(17)21(3,4)5/h12-14,19-20,26H,1,10H2,2-9,11H3/b16-14+/t19?,20-/m1/s1. The van der Waals surface area contributed by atoms with Gasteiger partial charge in [-0.25, -0.2) is 0 Å². The predicted molar refractivity (Wildman–Crippen MR) is 120 cm³/mol. The molecule has 1 aliphatic carbocycles. The second-order valence-corrected chi connectivity index (χ2v) is 9.59. The summed E-state index contributed by atoms with van der Waals surface area (Å²) < 4.78 is 11.6. The van der Waals surface area contributed by atoms with Crippen LogP contribution in [0.2, 0.25) is 0 Å². The Morgan fingerprint density at radius 3 is 2.18 bits per heavy atom. The van der Waals surface area contributed by atoms with Crippen LogP contribution in [-0.4, -0.2) is 43.7 Å². The van der Waals surface area contributed by atoms with Crippen molar-refractivity contribution in [3.63, 3.8) is 0 Å². The normalized spacial score (nSPS) is 21.7. The molecule has 1 N–H and O–H groups in total. The Labute approximate surface area is 172 Å². The fourth-order valence-electron chi connectivity index (χ4n) is 3.11. The first-order valence-electron chi connectivity index (χ1n) is 9.68. The van der Waals surface area contributed by atoms with E-state index >= 15 is 0 Å². The predicted octanol–water partition coefficient (Wildman–Crippen LogP) is 4.83. The summed E-state index contributed by atoms with van der Waals surface area (Å²) in [6.07, 6.45) is 5.84. The van der Waals surface area contributed by atoms with Gasteiger partial charge in [-0.1, -0.05) is 45.0 Å². The largest absolute Gasteiger partial charge is 0.427 e. The summed E-state index contributed by atoms with van der Waals surface area (Å²) in [6, 6.07) is 0. The van der Waals surface area contributed by atoms with E-state index < -0.39 is 11.2 Å². The second kappa shape index (κ2) is 8.94. The van der Waals surface area contributed by atoms with Gasteiger partial charge in [0.25, 0.3) is 0 Å². The molecule has 0 heterocycles. The second-order valence-electron chi connectivity index (χ2n) is 9.59. The fraction of sp³-hybridized carbons (Fsp3) is 0.609. The Balaban J connectivity index is 3.11. The van der Waals surface area contributed by atoms with E-state index in [1.165, 1.54) is 0 Å².